The third-order valence-electron chi connectivity index (χ3n) is 3.67. The molecule has 0 fully saturated rings. The average molecular weight is 370 g/mol. The molecule has 2 heterocycles. The summed E-state index contributed by atoms with van der Waals surface area (Å²) in [6.07, 6.45) is 0.574. The Bertz CT molecular complexity index is 980. The van der Waals surface area contributed by atoms with Crippen molar-refractivity contribution in [2.24, 2.45) is 0 Å². The summed E-state index contributed by atoms with van der Waals surface area (Å²) in [7, 11) is -3.69. The molecule has 1 N–H and O–H groups in total. The molecule has 128 valence electrons. The first kappa shape index (κ1) is 16.9. The molecule has 0 unspecified atom stereocenters. The van der Waals surface area contributed by atoms with Crippen LogP contribution in [0.5, 0.6) is 0 Å². The Hall–Kier alpha value is -1.97. The van der Waals surface area contributed by atoms with Gasteiger partial charge in [-0.3, -0.25) is 4.68 Å². The van der Waals surface area contributed by atoms with Crippen LogP contribution in [-0.2, 0) is 16.6 Å². The van der Waals surface area contributed by atoms with Crippen LogP contribution in [0.25, 0.3) is 11.0 Å². The van der Waals surface area contributed by atoms with Gasteiger partial charge in [0.1, 0.15) is 10.4 Å². The van der Waals surface area contributed by atoms with E-state index in [-0.39, 0.29) is 17.0 Å². The van der Waals surface area contributed by atoms with Crippen molar-refractivity contribution in [1.82, 2.24) is 24.8 Å². The predicted molar refractivity (Wildman–Crippen MR) is 88.3 cm³/mol. The van der Waals surface area contributed by atoms with Crippen LogP contribution in [0.2, 0.25) is 5.02 Å². The van der Waals surface area contributed by atoms with Crippen molar-refractivity contribution in [2.45, 2.75) is 31.7 Å². The number of rotatable bonds is 6. The normalized spacial score (nSPS) is 12.1. The first-order chi connectivity index (χ1) is 11.4. The quantitative estimate of drug-likeness (QED) is 0.667. The third-order valence-corrected chi connectivity index (χ3v) is 5.71. The minimum absolute atomic E-state index is 0.0513. The average Bonchev–Trinajstić information content (AvgIpc) is 3.12. The summed E-state index contributed by atoms with van der Waals surface area (Å²) in [4.78, 5) is 0.0513. The Morgan fingerprint density at radius 2 is 2.08 bits per heavy atom. The van der Waals surface area contributed by atoms with E-state index >= 15 is 0 Å². The summed E-state index contributed by atoms with van der Waals surface area (Å²) in [5.74, 6) is 0. The Kier molecular flexibility index (Phi) is 4.57. The van der Waals surface area contributed by atoms with Crippen molar-refractivity contribution < 1.29 is 13.0 Å². The molecule has 0 aliphatic heterocycles. The van der Waals surface area contributed by atoms with Crippen molar-refractivity contribution in [3.63, 3.8) is 0 Å². The van der Waals surface area contributed by atoms with E-state index in [2.05, 4.69) is 24.8 Å². The standard InChI is InChI=1S/C14H16ClN5O3S/c1-9-13(15)10(2)20(17-9)8-4-7-16-24(21,22)12-6-3-5-11-14(12)19-23-18-11/h3,5-6,16H,4,7-8H2,1-2H3. The van der Waals surface area contributed by atoms with Gasteiger partial charge in [0.25, 0.3) is 0 Å². The molecule has 1 aromatic carbocycles. The van der Waals surface area contributed by atoms with Crippen molar-refractivity contribution >= 4 is 32.7 Å². The van der Waals surface area contributed by atoms with Crippen molar-refractivity contribution in [1.29, 1.82) is 0 Å². The molecule has 0 bridgehead atoms. The van der Waals surface area contributed by atoms with Crippen LogP contribution < -0.4 is 4.72 Å². The van der Waals surface area contributed by atoms with Crippen LogP contribution in [0.1, 0.15) is 17.8 Å². The molecule has 3 rings (SSSR count). The fraction of sp³-hybridized carbons (Fsp3) is 0.357. The molecular formula is C14H16ClN5O3S. The van der Waals surface area contributed by atoms with Gasteiger partial charge < -0.3 is 0 Å². The second-order valence-electron chi connectivity index (χ2n) is 5.35. The van der Waals surface area contributed by atoms with E-state index in [9.17, 15) is 8.42 Å². The van der Waals surface area contributed by atoms with Crippen molar-refractivity contribution in [3.05, 3.63) is 34.6 Å². The second-order valence-corrected chi connectivity index (χ2v) is 7.46. The lowest BCUT2D eigenvalue weighted by Crippen LogP contribution is -2.26. The molecular weight excluding hydrogens is 354 g/mol. The molecule has 0 atom stereocenters. The number of nitrogens with zero attached hydrogens (tertiary/aromatic N) is 4. The van der Waals surface area contributed by atoms with E-state index in [4.69, 9.17) is 11.6 Å². The van der Waals surface area contributed by atoms with Gasteiger partial charge >= 0.3 is 0 Å². The highest BCUT2D eigenvalue weighted by Crippen LogP contribution is 2.20. The molecule has 0 radical (unpaired) electrons. The van der Waals surface area contributed by atoms with E-state index in [0.29, 0.717) is 23.5 Å². The number of aromatic nitrogens is 4. The molecule has 0 amide bonds. The minimum Gasteiger partial charge on any atom is -0.268 e. The topological polar surface area (TPSA) is 103 Å². The van der Waals surface area contributed by atoms with E-state index in [0.717, 1.165) is 11.4 Å². The van der Waals surface area contributed by atoms with Gasteiger partial charge in [-0.1, -0.05) is 17.7 Å². The van der Waals surface area contributed by atoms with Crippen LogP contribution in [0, 0.1) is 13.8 Å². The summed E-state index contributed by atoms with van der Waals surface area (Å²) in [6.45, 7) is 4.55. The molecule has 24 heavy (non-hydrogen) atoms. The monoisotopic (exact) mass is 369 g/mol. The van der Waals surface area contributed by atoms with Crippen molar-refractivity contribution in [3.8, 4) is 0 Å². The Balaban J connectivity index is 1.65. The molecule has 0 saturated heterocycles. The number of aryl methyl sites for hydroxylation is 2. The Morgan fingerprint density at radius 1 is 1.29 bits per heavy atom. The lowest BCUT2D eigenvalue weighted by molar-refractivity contribution is 0.315. The highest BCUT2D eigenvalue weighted by atomic mass is 35.5. The SMILES string of the molecule is Cc1nn(CCCNS(=O)(=O)c2cccc3nonc23)c(C)c1Cl. The summed E-state index contributed by atoms with van der Waals surface area (Å²) >= 11 is 6.09. The van der Waals surface area contributed by atoms with Crippen LogP contribution >= 0.6 is 11.6 Å². The number of halogens is 1. The third kappa shape index (κ3) is 3.14. The Morgan fingerprint density at radius 3 is 2.79 bits per heavy atom. The maximum Gasteiger partial charge on any atom is 0.242 e. The van der Waals surface area contributed by atoms with Gasteiger partial charge in [0.05, 0.1) is 16.4 Å². The summed E-state index contributed by atoms with van der Waals surface area (Å²) in [5.41, 5.74) is 2.25. The largest absolute Gasteiger partial charge is 0.268 e. The smallest absolute Gasteiger partial charge is 0.242 e. The fourth-order valence-corrected chi connectivity index (χ4v) is 3.76. The van der Waals surface area contributed by atoms with Crippen LogP contribution in [0.3, 0.4) is 0 Å². The number of nitrogens with one attached hydrogen (secondary N) is 1. The van der Waals surface area contributed by atoms with Gasteiger partial charge in [0.15, 0.2) is 5.52 Å². The molecule has 0 spiro atoms. The van der Waals surface area contributed by atoms with Crippen LogP contribution in [0.15, 0.2) is 27.7 Å². The first-order valence-corrected chi connectivity index (χ1v) is 9.17. The van der Waals surface area contributed by atoms with Gasteiger partial charge in [-0.2, -0.15) is 5.10 Å². The molecule has 0 aliphatic rings. The van der Waals surface area contributed by atoms with Gasteiger partial charge in [-0.05, 0) is 42.7 Å². The van der Waals surface area contributed by atoms with Gasteiger partial charge in [-0.25, -0.2) is 17.8 Å². The highest BCUT2D eigenvalue weighted by Gasteiger charge is 2.19. The Labute approximate surface area is 143 Å². The highest BCUT2D eigenvalue weighted by molar-refractivity contribution is 7.89. The maximum atomic E-state index is 12.4. The summed E-state index contributed by atoms with van der Waals surface area (Å²) < 4.78 is 33.8. The number of sulfonamides is 1. The molecule has 0 aliphatic carbocycles. The zero-order chi connectivity index (χ0) is 17.3. The zero-order valence-corrected chi connectivity index (χ0v) is 14.7. The van der Waals surface area contributed by atoms with Gasteiger partial charge in [0, 0.05) is 13.1 Å². The van der Waals surface area contributed by atoms with E-state index in [1.807, 2.05) is 13.8 Å². The molecule has 0 saturated carbocycles. The molecule has 10 heteroatoms. The lowest BCUT2D eigenvalue weighted by atomic mass is 10.3. The summed E-state index contributed by atoms with van der Waals surface area (Å²) in [6, 6.07) is 4.70. The van der Waals surface area contributed by atoms with E-state index < -0.39 is 10.0 Å². The van der Waals surface area contributed by atoms with E-state index in [1.165, 1.54) is 6.07 Å². The fourth-order valence-electron chi connectivity index (χ4n) is 2.40. The predicted octanol–water partition coefficient (Wildman–Crippen LogP) is 2.06. The minimum atomic E-state index is -3.69. The van der Waals surface area contributed by atoms with Crippen molar-refractivity contribution in [2.75, 3.05) is 6.54 Å². The molecule has 8 nitrogen and oxygen atoms in total. The van der Waals surface area contributed by atoms with E-state index in [1.54, 1.807) is 16.8 Å². The molecule has 3 aromatic rings. The number of hydrogen-bond acceptors (Lipinski definition) is 6. The maximum absolute atomic E-state index is 12.4. The molecule has 2 aromatic heterocycles. The summed E-state index contributed by atoms with van der Waals surface area (Å²) in [5, 5.41) is 12.2. The second kappa shape index (κ2) is 6.50. The van der Waals surface area contributed by atoms with Crippen LogP contribution in [0.4, 0.5) is 0 Å². The van der Waals surface area contributed by atoms with Crippen LogP contribution in [-0.4, -0.2) is 35.1 Å². The first-order valence-electron chi connectivity index (χ1n) is 7.30. The lowest BCUT2D eigenvalue weighted by Gasteiger charge is -2.08. The number of benzene rings is 1. The zero-order valence-electron chi connectivity index (χ0n) is 13.2. The van der Waals surface area contributed by atoms with Gasteiger partial charge in [0.2, 0.25) is 10.0 Å². The van der Waals surface area contributed by atoms with Gasteiger partial charge in [-0.15, -0.1) is 0 Å². The number of fused-ring (bicyclic) bond motifs is 1. The number of hydrogen-bond donors (Lipinski definition) is 1.